The Bertz CT molecular complexity index is 77.4. The average molecular weight is 137 g/mol. The van der Waals surface area contributed by atoms with Gasteiger partial charge in [-0.05, 0) is 20.8 Å². The Morgan fingerprint density at radius 3 is 1.38 bits per heavy atom. The molecule has 2 nitrogen and oxygen atoms in total. The molecule has 0 rings (SSSR count). The van der Waals surface area contributed by atoms with Crippen LogP contribution in [0, 0.1) is 16.7 Å². The maximum Gasteiger partial charge on any atom is 0.0680 e. The maximum atomic E-state index is 8.15. The fraction of sp³-hybridized carbons (Fsp3) is 0.800. The minimum Gasteiger partial charge on any atom is -1.00 e. The highest BCUT2D eigenvalue weighted by Crippen LogP contribution is 2.08. The van der Waals surface area contributed by atoms with Gasteiger partial charge in [0.2, 0.25) is 0 Å². The summed E-state index contributed by atoms with van der Waals surface area (Å²) in [5, 5.41) is 8.15. The lowest BCUT2D eigenvalue weighted by atomic mass is 10.0. The third kappa shape index (κ3) is 17.2. The number of nitrogens with zero attached hydrogens (tertiary/aromatic N) is 1. The number of hydrogen-bond donors (Lipinski definition) is 1. The van der Waals surface area contributed by atoms with Crippen molar-refractivity contribution in [2.75, 3.05) is 0 Å². The summed E-state index contributed by atoms with van der Waals surface area (Å²) in [6.07, 6.45) is 0. The van der Waals surface area contributed by atoms with Gasteiger partial charge in [0.05, 0.1) is 6.07 Å². The van der Waals surface area contributed by atoms with Crippen molar-refractivity contribution in [2.24, 2.45) is 5.41 Å². The van der Waals surface area contributed by atoms with Crippen LogP contribution in [0.1, 0.15) is 20.8 Å². The van der Waals surface area contributed by atoms with Crippen molar-refractivity contribution in [3.05, 3.63) is 0 Å². The van der Waals surface area contributed by atoms with E-state index in [9.17, 15) is 0 Å². The number of hydrogen-bond acceptors (Lipinski definition) is 1. The van der Waals surface area contributed by atoms with Crippen LogP contribution in [0.4, 0.5) is 0 Å². The van der Waals surface area contributed by atoms with E-state index in [0.29, 0.717) is 0 Å². The molecule has 0 fully saturated rings. The molecule has 0 atom stereocenters. The summed E-state index contributed by atoms with van der Waals surface area (Å²) in [4.78, 5) is 0. The molecule has 0 radical (unpaired) electrons. The van der Waals surface area contributed by atoms with Gasteiger partial charge in [-0.2, -0.15) is 5.26 Å². The molecule has 0 aromatic rings. The van der Waals surface area contributed by atoms with Crippen LogP contribution in [0.2, 0.25) is 0 Å². The Kier molecular flexibility index (Phi) is 9.56. The van der Waals surface area contributed by atoms with E-state index in [4.69, 9.17) is 5.26 Å². The molecule has 0 aromatic carbocycles. The highest BCUT2D eigenvalue weighted by molar-refractivity contribution is 4.86. The summed E-state index contributed by atoms with van der Waals surface area (Å²) in [6.45, 7) is 5.65. The van der Waals surface area contributed by atoms with Crippen LogP contribution in [-0.4, -0.2) is 0 Å². The Hall–Kier alpha value is -0.260. The van der Waals surface area contributed by atoms with E-state index < -0.39 is 0 Å². The first-order chi connectivity index (χ1) is 2.56. The zero-order valence-corrected chi connectivity index (χ0v) is 6.58. The summed E-state index contributed by atoms with van der Waals surface area (Å²) in [6, 6.07) is 2.10. The van der Waals surface area contributed by atoms with Crippen molar-refractivity contribution >= 4 is 0 Å². The van der Waals surface area contributed by atoms with Gasteiger partial charge in [0, 0.05) is 5.41 Å². The van der Waals surface area contributed by atoms with Gasteiger partial charge < -0.3 is 18.6 Å². The quantitative estimate of drug-likeness (QED) is 0.453. The molecule has 0 spiro atoms. The van der Waals surface area contributed by atoms with Crippen molar-refractivity contribution in [1.82, 2.24) is 6.15 Å². The van der Waals surface area contributed by atoms with E-state index >= 15 is 0 Å². The lowest BCUT2D eigenvalue weighted by Gasteiger charge is -2.01. The fourth-order valence-electron chi connectivity index (χ4n) is 0. The zero-order valence-electron chi connectivity index (χ0n) is 5.83. The Morgan fingerprint density at radius 2 is 1.38 bits per heavy atom. The molecule has 8 heavy (non-hydrogen) atoms. The third-order valence-corrected chi connectivity index (χ3v) is 0.335. The molecule has 0 heterocycles. The highest BCUT2D eigenvalue weighted by atomic mass is 35.5. The van der Waals surface area contributed by atoms with Crippen molar-refractivity contribution in [1.29, 1.82) is 5.26 Å². The van der Waals surface area contributed by atoms with Crippen LogP contribution in [0.3, 0.4) is 0 Å². The molecular formula is C5H13ClN2. The van der Waals surface area contributed by atoms with Gasteiger partial charge >= 0.3 is 0 Å². The minimum absolute atomic E-state index is 0. The second-order valence-corrected chi connectivity index (χ2v) is 2.36. The van der Waals surface area contributed by atoms with E-state index in [-0.39, 0.29) is 24.0 Å². The summed E-state index contributed by atoms with van der Waals surface area (Å²) in [5.41, 5.74) is -0.153. The molecule has 0 aliphatic rings. The van der Waals surface area contributed by atoms with Crippen LogP contribution in [0.25, 0.3) is 0 Å². The minimum atomic E-state index is -0.153. The van der Waals surface area contributed by atoms with Crippen molar-refractivity contribution in [3.63, 3.8) is 0 Å². The second kappa shape index (κ2) is 4.89. The molecule has 0 saturated heterocycles. The molecule has 0 saturated carbocycles. The second-order valence-electron chi connectivity index (χ2n) is 2.36. The molecule has 0 amide bonds. The summed E-state index contributed by atoms with van der Waals surface area (Å²) in [7, 11) is 0. The smallest absolute Gasteiger partial charge is 0.0680 e. The van der Waals surface area contributed by atoms with Gasteiger partial charge in [-0.3, -0.25) is 0 Å². The summed E-state index contributed by atoms with van der Waals surface area (Å²) >= 11 is 0. The summed E-state index contributed by atoms with van der Waals surface area (Å²) in [5.74, 6) is 0. The van der Waals surface area contributed by atoms with Gasteiger partial charge in [0.25, 0.3) is 0 Å². The van der Waals surface area contributed by atoms with Gasteiger partial charge in [-0.1, -0.05) is 0 Å². The molecule has 0 bridgehead atoms. The van der Waals surface area contributed by atoms with Gasteiger partial charge in [0.15, 0.2) is 0 Å². The van der Waals surface area contributed by atoms with Gasteiger partial charge in [-0.25, -0.2) is 0 Å². The topological polar surface area (TPSA) is 60.3 Å². The molecule has 0 aliphatic heterocycles. The first kappa shape index (κ1) is 15.6. The first-order valence-corrected chi connectivity index (χ1v) is 1.97. The molecule has 0 unspecified atom stereocenters. The fourth-order valence-corrected chi connectivity index (χ4v) is 0. The van der Waals surface area contributed by atoms with Gasteiger partial charge in [0.1, 0.15) is 0 Å². The number of halogens is 1. The zero-order chi connectivity index (χ0) is 5.21. The Morgan fingerprint density at radius 1 is 1.25 bits per heavy atom. The van der Waals surface area contributed by atoms with Crippen molar-refractivity contribution in [3.8, 4) is 6.07 Å². The van der Waals surface area contributed by atoms with Crippen LogP contribution < -0.4 is 18.6 Å². The Balaban J connectivity index is -0.000000125. The maximum absolute atomic E-state index is 8.15. The van der Waals surface area contributed by atoms with E-state index in [1.165, 1.54) is 0 Å². The van der Waals surface area contributed by atoms with Crippen LogP contribution >= 0.6 is 0 Å². The lowest BCUT2D eigenvalue weighted by molar-refractivity contribution is -0.00000251. The normalized spacial score (nSPS) is 7.75. The van der Waals surface area contributed by atoms with Crippen molar-refractivity contribution in [2.45, 2.75) is 20.8 Å². The van der Waals surface area contributed by atoms with E-state index in [1.54, 1.807) is 0 Å². The predicted octanol–water partition coefficient (Wildman–Crippen LogP) is -1.06. The number of rotatable bonds is 0. The van der Waals surface area contributed by atoms with Crippen LogP contribution in [0.15, 0.2) is 0 Å². The van der Waals surface area contributed by atoms with Crippen LogP contribution in [-0.2, 0) is 0 Å². The van der Waals surface area contributed by atoms with Crippen LogP contribution in [0.5, 0.6) is 0 Å². The standard InChI is InChI=1S/C5H9N.ClH.H3N/c1-5(2,3)4-6;;/h1-3H3;1H;1H3. The molecule has 0 aliphatic carbocycles. The predicted molar refractivity (Wildman–Crippen MR) is 31.1 cm³/mol. The third-order valence-electron chi connectivity index (χ3n) is 0.335. The number of quaternary nitrogens is 1. The molecular weight excluding hydrogens is 124 g/mol. The summed E-state index contributed by atoms with van der Waals surface area (Å²) < 4.78 is 0. The first-order valence-electron chi connectivity index (χ1n) is 1.97. The Labute approximate surface area is 56.9 Å². The van der Waals surface area contributed by atoms with E-state index in [0.717, 1.165) is 0 Å². The van der Waals surface area contributed by atoms with E-state index in [2.05, 4.69) is 6.07 Å². The molecule has 3 heteroatoms. The number of nitriles is 1. The molecule has 50 valence electrons. The van der Waals surface area contributed by atoms with Crippen molar-refractivity contribution < 1.29 is 12.4 Å². The SMILES string of the molecule is CC(C)(C)C#N.[Cl-].[NH4+]. The highest BCUT2D eigenvalue weighted by Gasteiger charge is 2.04. The largest absolute Gasteiger partial charge is 1.00 e. The molecule has 0 aromatic heterocycles. The van der Waals surface area contributed by atoms with E-state index in [1.807, 2.05) is 20.8 Å². The molecule has 4 N–H and O–H groups in total. The lowest BCUT2D eigenvalue weighted by Crippen LogP contribution is -3.00. The average Bonchev–Trinajstić information content (AvgIpc) is 1.35. The monoisotopic (exact) mass is 136 g/mol. The van der Waals surface area contributed by atoms with Gasteiger partial charge in [-0.15, -0.1) is 0 Å².